The van der Waals surface area contributed by atoms with Crippen LogP contribution < -0.4 is 0 Å². The largest absolute Gasteiger partial charge is 0.289 e. The molecule has 148 heavy (non-hydrogen) atoms. The number of hydrogen-bond acceptors (Lipinski definition) is 16. The van der Waals surface area contributed by atoms with E-state index in [0.29, 0.717) is 36.3 Å². The van der Waals surface area contributed by atoms with Crippen molar-refractivity contribution in [2.24, 2.45) is 79.9 Å². The van der Waals surface area contributed by atoms with Gasteiger partial charge in [-0.05, 0) is 331 Å². The van der Waals surface area contributed by atoms with Gasteiger partial charge in [-0.3, -0.25) is 79.9 Å². The predicted molar refractivity (Wildman–Crippen MR) is 657 cm³/mol. The van der Waals surface area contributed by atoms with E-state index in [-0.39, 0.29) is 10.8 Å². The second-order valence-corrected chi connectivity index (χ2v) is 42.5. The van der Waals surface area contributed by atoms with E-state index in [0.717, 1.165) is 68.3 Å². The van der Waals surface area contributed by atoms with E-state index in [1.54, 1.807) is 62.1 Å². The third-order valence-electron chi connectivity index (χ3n) is 25.7. The van der Waals surface area contributed by atoms with Crippen LogP contribution in [0.5, 0.6) is 0 Å². The minimum Gasteiger partial charge on any atom is -0.289 e. The first-order valence-corrected chi connectivity index (χ1v) is 54.1. The van der Waals surface area contributed by atoms with Crippen LogP contribution in [0.4, 0.5) is 56.9 Å². The summed E-state index contributed by atoms with van der Waals surface area (Å²) in [5.41, 5.74) is 34.1. The lowest BCUT2D eigenvalue weighted by Crippen LogP contribution is -2.18. The number of nitrogens with zero attached hydrogens (tertiary/aromatic N) is 16. The molecule has 0 saturated heterocycles. The molecule has 0 atom stereocenters. The van der Waals surface area contributed by atoms with Crippen LogP contribution in [0.2, 0.25) is 0 Å². The van der Waals surface area contributed by atoms with Crippen LogP contribution in [0.25, 0.3) is 0 Å². The molecular weight excluding hydrogens is 1810 g/mol. The summed E-state index contributed by atoms with van der Waals surface area (Å²) >= 11 is 0. The number of rotatable bonds is 24. The lowest BCUT2D eigenvalue weighted by Gasteiger charge is -2.21. The Labute approximate surface area is 893 Å². The lowest BCUT2D eigenvalue weighted by molar-refractivity contribution is 0.442. The molecule has 0 aromatic heterocycles. The maximum absolute atomic E-state index is 4.89. The van der Waals surface area contributed by atoms with Crippen LogP contribution in [0.3, 0.4) is 0 Å². The Hall–Kier alpha value is -13.1. The van der Waals surface area contributed by atoms with Gasteiger partial charge in [0.15, 0.2) is 0 Å². The van der Waals surface area contributed by atoms with E-state index < -0.39 is 0 Å². The highest BCUT2D eigenvalue weighted by molar-refractivity contribution is 6.42. The molecule has 0 bridgehead atoms. The molecule has 0 amide bonds. The molecule has 0 spiro atoms. The molecule has 14 rings (SSSR count). The predicted octanol–water partition coefficient (Wildman–Crippen LogP) is 37.0. The smallest absolute Gasteiger partial charge is 0.0692 e. The fourth-order valence-electron chi connectivity index (χ4n) is 18.0. The van der Waals surface area contributed by atoms with E-state index in [1.807, 2.05) is 187 Å². The molecule has 0 radical (unpaired) electrons. The summed E-state index contributed by atoms with van der Waals surface area (Å²) in [6, 6.07) is 72.7. The number of hydrogen-bond donors (Lipinski definition) is 0. The van der Waals surface area contributed by atoms with Crippen LogP contribution in [0, 0.1) is 96.9 Å². The maximum atomic E-state index is 4.89. The standard InChI is InChI=1S/2C22H28N2.C20H24N2.C16H16N2.C16H28N2.C14H24N2.C14H12N2.C8H16N2/c1-13-9-15(3)21(16(4)10-13)23-19(7)20(8)24-22-17(5)11-14(2)12-18(22)6;1-21(2,3)17-11-7-9-13-19(17)23-15-16-24-20-14-10-8-12-18(20)22(4,5)6;1-13-9-15(3)19(16(4)10-13)21-7-8-22-20-17(5)11-14(2)12-18(20)6;1-13-3-7-15(8-4-13)17-11-12-18-16-9-5-14(2)6-10-16;1-13(17-15-9-5-3-6-10-15)14(2)18-16-11-7-4-8-12-16;2*1-3-7-13(8-4-1)15-11-12-16-14-9-5-2-6-10-14;1-7(2)9-5-6-10-8(3)4/h9-12H,1-8H3;7-16H,1-6H3;7-12H,1-6H3;3-12H,1-2H3;15-16H,3-12H2,1-2H3;11-14H,1-10H2;1-12H;5-8H,1-4H3. The average molecular weight is 1990 g/mol. The normalized spacial score (nSPS) is 15.3. The Morgan fingerprint density at radius 1 is 0.236 bits per heavy atom. The molecule has 16 heteroatoms. The van der Waals surface area contributed by atoms with E-state index in [4.69, 9.17) is 20.0 Å². The highest BCUT2D eigenvalue weighted by atomic mass is 14.9. The second kappa shape index (κ2) is 66.3. The van der Waals surface area contributed by atoms with E-state index in [9.17, 15) is 0 Å². The van der Waals surface area contributed by atoms with Gasteiger partial charge in [-0.15, -0.1) is 0 Å². The molecule has 10 aromatic carbocycles. The lowest BCUT2D eigenvalue weighted by atomic mass is 9.86. The zero-order valence-electron chi connectivity index (χ0n) is 95.3. The van der Waals surface area contributed by atoms with Crippen molar-refractivity contribution in [2.45, 2.75) is 369 Å². The van der Waals surface area contributed by atoms with Gasteiger partial charge in [-0.2, -0.15) is 0 Å². The van der Waals surface area contributed by atoms with Gasteiger partial charge in [0.25, 0.3) is 0 Å². The van der Waals surface area contributed by atoms with Crippen molar-refractivity contribution in [1.82, 2.24) is 0 Å². The monoisotopic (exact) mass is 1990 g/mol. The van der Waals surface area contributed by atoms with Crippen molar-refractivity contribution < 1.29 is 0 Å². The molecule has 0 unspecified atom stereocenters. The Balaban J connectivity index is 0.000000231. The third-order valence-corrected chi connectivity index (χ3v) is 25.7. The van der Waals surface area contributed by atoms with Gasteiger partial charge in [0, 0.05) is 98.7 Å². The van der Waals surface area contributed by atoms with E-state index >= 15 is 0 Å². The summed E-state index contributed by atoms with van der Waals surface area (Å²) in [7, 11) is 0. The fourth-order valence-corrected chi connectivity index (χ4v) is 18.0. The zero-order chi connectivity index (χ0) is 108. The van der Waals surface area contributed by atoms with Gasteiger partial charge in [0.1, 0.15) is 0 Å². The number of benzene rings is 10. The van der Waals surface area contributed by atoms with Gasteiger partial charge in [-0.1, -0.05) is 298 Å². The van der Waals surface area contributed by atoms with E-state index in [2.05, 4.69) is 285 Å². The molecule has 16 nitrogen and oxygen atoms in total. The van der Waals surface area contributed by atoms with Crippen molar-refractivity contribution in [2.75, 3.05) is 0 Å². The Kier molecular flexibility index (Phi) is 54.6. The van der Waals surface area contributed by atoms with Crippen molar-refractivity contribution in [1.29, 1.82) is 0 Å². The molecule has 4 saturated carbocycles. The van der Waals surface area contributed by atoms with Crippen LogP contribution >= 0.6 is 0 Å². The first-order valence-electron chi connectivity index (χ1n) is 54.1. The first-order chi connectivity index (χ1) is 70.8. The summed E-state index contributed by atoms with van der Waals surface area (Å²) in [6.07, 6.45) is 48.2. The Bertz CT molecular complexity index is 5710. The van der Waals surface area contributed by atoms with Crippen LogP contribution in [0.1, 0.15) is 314 Å². The van der Waals surface area contributed by atoms with Gasteiger partial charge in [-0.25, -0.2) is 0 Å². The summed E-state index contributed by atoms with van der Waals surface area (Å²) in [6.45, 7) is 59.2. The van der Waals surface area contributed by atoms with Crippen molar-refractivity contribution in [3.8, 4) is 0 Å². The minimum absolute atomic E-state index is 0.0733. The highest BCUT2D eigenvalue weighted by Crippen LogP contribution is 2.36. The fraction of sp³-hybridized carbons (Fsp3) is 0.424. The van der Waals surface area contributed by atoms with Crippen LogP contribution in [-0.4, -0.2) is 134 Å². The minimum atomic E-state index is 0.0733. The maximum Gasteiger partial charge on any atom is 0.0692 e. The average Bonchev–Trinajstić information content (AvgIpc) is 0.830. The summed E-state index contributed by atoms with van der Waals surface area (Å²) in [5.74, 6) is 0. The van der Waals surface area contributed by atoms with Crippen LogP contribution in [0.15, 0.2) is 286 Å². The molecule has 784 valence electrons. The molecule has 4 fully saturated rings. The quantitative estimate of drug-likeness (QED) is 0.0519. The molecule has 4 aliphatic carbocycles. The van der Waals surface area contributed by atoms with Gasteiger partial charge in [0.05, 0.1) is 91.8 Å². The number of para-hydroxylation sites is 4. The van der Waals surface area contributed by atoms with E-state index in [1.165, 1.54) is 229 Å². The Morgan fingerprint density at radius 3 is 0.743 bits per heavy atom. The number of aryl methyl sites for hydroxylation is 14. The molecular formula is C132H176N16. The number of aliphatic imine (C=N–C) groups is 16. The van der Waals surface area contributed by atoms with Crippen molar-refractivity contribution >= 4 is 154 Å². The molecule has 0 heterocycles. The van der Waals surface area contributed by atoms with Gasteiger partial charge in [0.2, 0.25) is 0 Å². The summed E-state index contributed by atoms with van der Waals surface area (Å²) in [5, 5.41) is 0. The van der Waals surface area contributed by atoms with Crippen molar-refractivity contribution in [3.05, 3.63) is 295 Å². The molecule has 10 aromatic rings. The van der Waals surface area contributed by atoms with Gasteiger partial charge >= 0.3 is 0 Å². The van der Waals surface area contributed by atoms with Gasteiger partial charge < -0.3 is 0 Å². The topological polar surface area (TPSA) is 198 Å². The van der Waals surface area contributed by atoms with Crippen LogP contribution in [-0.2, 0) is 10.8 Å². The molecule has 0 aliphatic heterocycles. The SMILES string of the molecule is C(C=NC1CCCCC1)=NC1CCCCC1.C(C=Nc1ccccc1)=Nc1ccccc1.CC(=NC1CCCCC1)C(C)=NC1CCCCC1.CC(=Nc1c(C)cc(C)cc1C)C(C)=Nc1c(C)cc(C)cc1C.CC(C)(C)c1ccccc1N=CC=Nc1ccccc1C(C)(C)C.CC(C)N=CC=NC(C)C.Cc1cc(C)c(N=CC=Nc2c(C)cc(C)cc2C)c(C)c1.Cc1ccc(N=CC=Nc2ccc(C)cc2)cc1. The second-order valence-electron chi connectivity index (χ2n) is 42.5. The van der Waals surface area contributed by atoms with Crippen molar-refractivity contribution in [3.63, 3.8) is 0 Å². The molecule has 0 N–H and O–H groups in total. The summed E-state index contributed by atoms with van der Waals surface area (Å²) in [4.78, 5) is 72.4. The highest BCUT2D eigenvalue weighted by Gasteiger charge is 2.21. The first kappa shape index (κ1) is 122. The summed E-state index contributed by atoms with van der Waals surface area (Å²) < 4.78 is 0. The Morgan fingerprint density at radius 2 is 0.473 bits per heavy atom. The third kappa shape index (κ3) is 48.3. The zero-order valence-corrected chi connectivity index (χ0v) is 95.3. The molecule has 4 aliphatic rings.